The molecule has 1 N–H and O–H groups in total. The molecular formula is C18H13FN4O3. The quantitative estimate of drug-likeness (QED) is 0.562. The van der Waals surface area contributed by atoms with Crippen LogP contribution < -0.4 is 5.32 Å². The minimum absolute atomic E-state index is 0.0821. The molecule has 0 spiro atoms. The van der Waals surface area contributed by atoms with E-state index in [2.05, 4.69) is 15.3 Å². The Labute approximate surface area is 147 Å². The van der Waals surface area contributed by atoms with Crippen LogP contribution in [0.1, 0.15) is 16.1 Å². The zero-order chi connectivity index (χ0) is 18.5. The van der Waals surface area contributed by atoms with E-state index in [1.165, 1.54) is 42.7 Å². The third-order valence-corrected chi connectivity index (χ3v) is 3.63. The number of non-ortho nitro benzene ring substituents is 1. The number of nitrogens with zero attached hydrogens (tertiary/aromatic N) is 3. The first-order valence-corrected chi connectivity index (χ1v) is 7.62. The molecule has 0 atom stereocenters. The molecule has 0 aliphatic rings. The monoisotopic (exact) mass is 352 g/mol. The molecule has 0 saturated heterocycles. The van der Waals surface area contributed by atoms with Crippen LogP contribution >= 0.6 is 0 Å². The van der Waals surface area contributed by atoms with Crippen molar-refractivity contribution in [2.24, 2.45) is 0 Å². The molecule has 2 aromatic carbocycles. The molecule has 3 aromatic rings. The summed E-state index contributed by atoms with van der Waals surface area (Å²) >= 11 is 0. The van der Waals surface area contributed by atoms with Gasteiger partial charge >= 0.3 is 0 Å². The molecule has 0 aliphatic heterocycles. The summed E-state index contributed by atoms with van der Waals surface area (Å²) in [5.41, 5.74) is 2.15. The average molecular weight is 352 g/mol. The Balaban J connectivity index is 1.67. The van der Waals surface area contributed by atoms with Gasteiger partial charge in [-0.1, -0.05) is 0 Å². The maximum Gasteiger partial charge on any atom is 0.269 e. The van der Waals surface area contributed by atoms with E-state index in [0.717, 1.165) is 5.56 Å². The fourth-order valence-electron chi connectivity index (χ4n) is 2.28. The van der Waals surface area contributed by atoms with Gasteiger partial charge in [-0.05, 0) is 42.5 Å². The third-order valence-electron chi connectivity index (χ3n) is 3.63. The highest BCUT2D eigenvalue weighted by molar-refractivity contribution is 5.94. The van der Waals surface area contributed by atoms with Gasteiger partial charge in [-0.2, -0.15) is 0 Å². The van der Waals surface area contributed by atoms with Crippen LogP contribution in [-0.2, 0) is 6.54 Å². The lowest BCUT2D eigenvalue weighted by molar-refractivity contribution is -0.384. The van der Waals surface area contributed by atoms with Gasteiger partial charge in [0.15, 0.2) is 0 Å². The highest BCUT2D eigenvalue weighted by Gasteiger charge is 2.10. The van der Waals surface area contributed by atoms with E-state index < -0.39 is 4.92 Å². The first kappa shape index (κ1) is 17.2. The van der Waals surface area contributed by atoms with E-state index in [-0.39, 0.29) is 24.0 Å². The standard InChI is InChI=1S/C18H13FN4O3/c19-14-5-1-12(2-6-14)17-9-15(21-11-22-17)10-20-18(24)13-3-7-16(8-4-13)23(25)26/h1-9,11H,10H2,(H,20,24). The minimum Gasteiger partial charge on any atom is -0.346 e. The van der Waals surface area contributed by atoms with Gasteiger partial charge in [-0.3, -0.25) is 14.9 Å². The fraction of sp³-hybridized carbons (Fsp3) is 0.0556. The van der Waals surface area contributed by atoms with Crippen molar-refractivity contribution < 1.29 is 14.1 Å². The number of aromatic nitrogens is 2. The second-order valence-electron chi connectivity index (χ2n) is 5.39. The summed E-state index contributed by atoms with van der Waals surface area (Å²) in [5, 5.41) is 13.3. The maximum absolute atomic E-state index is 13.0. The Kier molecular flexibility index (Phi) is 4.93. The third kappa shape index (κ3) is 4.04. The van der Waals surface area contributed by atoms with Gasteiger partial charge in [0, 0.05) is 23.3 Å². The van der Waals surface area contributed by atoms with Gasteiger partial charge in [-0.25, -0.2) is 14.4 Å². The summed E-state index contributed by atoms with van der Waals surface area (Å²) in [5.74, 6) is -0.708. The number of nitro groups is 1. The summed E-state index contributed by atoms with van der Waals surface area (Å²) < 4.78 is 13.0. The maximum atomic E-state index is 13.0. The van der Waals surface area contributed by atoms with Crippen molar-refractivity contribution in [3.05, 3.63) is 88.1 Å². The van der Waals surface area contributed by atoms with Crippen LogP contribution in [0.2, 0.25) is 0 Å². The Morgan fingerprint density at radius 3 is 2.42 bits per heavy atom. The zero-order valence-corrected chi connectivity index (χ0v) is 13.4. The molecule has 3 rings (SSSR count). The number of hydrogen-bond acceptors (Lipinski definition) is 5. The highest BCUT2D eigenvalue weighted by atomic mass is 19.1. The number of rotatable bonds is 5. The lowest BCUT2D eigenvalue weighted by Gasteiger charge is -2.06. The predicted octanol–water partition coefficient (Wildman–Crippen LogP) is 3.12. The number of carbonyl (C=O) groups is 1. The van der Waals surface area contributed by atoms with E-state index in [4.69, 9.17) is 0 Å². The molecule has 7 nitrogen and oxygen atoms in total. The largest absolute Gasteiger partial charge is 0.346 e. The number of amides is 1. The Morgan fingerprint density at radius 1 is 1.08 bits per heavy atom. The van der Waals surface area contributed by atoms with E-state index in [0.29, 0.717) is 17.0 Å². The van der Waals surface area contributed by atoms with Crippen LogP contribution in [0.15, 0.2) is 60.9 Å². The molecule has 0 fully saturated rings. The number of nitro benzene ring substituents is 1. The Bertz CT molecular complexity index is 943. The first-order chi connectivity index (χ1) is 12.5. The van der Waals surface area contributed by atoms with Gasteiger partial charge in [-0.15, -0.1) is 0 Å². The molecule has 1 amide bonds. The van der Waals surface area contributed by atoms with Crippen LogP contribution in [0.5, 0.6) is 0 Å². The van der Waals surface area contributed by atoms with Crippen molar-refractivity contribution in [2.75, 3.05) is 0 Å². The van der Waals surface area contributed by atoms with Crippen molar-refractivity contribution in [1.29, 1.82) is 0 Å². The second kappa shape index (κ2) is 7.47. The number of benzene rings is 2. The van der Waals surface area contributed by atoms with Crippen LogP contribution in [-0.4, -0.2) is 20.8 Å². The van der Waals surface area contributed by atoms with E-state index >= 15 is 0 Å². The molecule has 130 valence electrons. The normalized spacial score (nSPS) is 10.3. The molecule has 0 saturated carbocycles. The van der Waals surface area contributed by atoms with Gasteiger partial charge < -0.3 is 5.32 Å². The number of halogens is 1. The fourth-order valence-corrected chi connectivity index (χ4v) is 2.28. The molecule has 0 radical (unpaired) electrons. The van der Waals surface area contributed by atoms with Crippen molar-refractivity contribution >= 4 is 11.6 Å². The molecule has 1 heterocycles. The average Bonchev–Trinajstić information content (AvgIpc) is 2.67. The molecule has 26 heavy (non-hydrogen) atoms. The molecule has 0 unspecified atom stereocenters. The Morgan fingerprint density at radius 2 is 1.77 bits per heavy atom. The van der Waals surface area contributed by atoms with Crippen LogP contribution in [0.25, 0.3) is 11.3 Å². The summed E-state index contributed by atoms with van der Waals surface area (Å²) in [7, 11) is 0. The predicted molar refractivity (Wildman–Crippen MR) is 91.7 cm³/mol. The lowest BCUT2D eigenvalue weighted by atomic mass is 10.1. The van der Waals surface area contributed by atoms with Crippen molar-refractivity contribution in [2.45, 2.75) is 6.54 Å². The zero-order valence-electron chi connectivity index (χ0n) is 13.4. The van der Waals surface area contributed by atoms with Gasteiger partial charge in [0.1, 0.15) is 12.1 Å². The topological polar surface area (TPSA) is 98.0 Å². The number of carbonyl (C=O) groups excluding carboxylic acids is 1. The minimum atomic E-state index is -0.528. The molecule has 1 aromatic heterocycles. The van der Waals surface area contributed by atoms with E-state index in [1.807, 2.05) is 0 Å². The highest BCUT2D eigenvalue weighted by Crippen LogP contribution is 2.17. The van der Waals surface area contributed by atoms with Crippen LogP contribution in [0.3, 0.4) is 0 Å². The molecule has 0 aliphatic carbocycles. The summed E-state index contributed by atoms with van der Waals surface area (Å²) in [6, 6.07) is 12.9. The van der Waals surface area contributed by atoms with E-state index in [9.17, 15) is 19.3 Å². The van der Waals surface area contributed by atoms with Gasteiger partial charge in [0.25, 0.3) is 11.6 Å². The molecule has 8 heteroatoms. The molecule has 0 bridgehead atoms. The summed E-state index contributed by atoms with van der Waals surface area (Å²) in [4.78, 5) is 30.5. The Hall–Kier alpha value is -3.68. The lowest BCUT2D eigenvalue weighted by Crippen LogP contribution is -2.23. The van der Waals surface area contributed by atoms with Crippen LogP contribution in [0.4, 0.5) is 10.1 Å². The second-order valence-corrected chi connectivity index (χ2v) is 5.39. The van der Waals surface area contributed by atoms with Gasteiger partial charge in [0.05, 0.1) is 22.9 Å². The smallest absolute Gasteiger partial charge is 0.269 e. The summed E-state index contributed by atoms with van der Waals surface area (Å²) in [6.07, 6.45) is 1.37. The number of hydrogen-bond donors (Lipinski definition) is 1. The SMILES string of the molecule is O=C(NCc1cc(-c2ccc(F)cc2)ncn1)c1ccc([N+](=O)[O-])cc1. The van der Waals surface area contributed by atoms with Crippen molar-refractivity contribution in [1.82, 2.24) is 15.3 Å². The van der Waals surface area contributed by atoms with E-state index in [1.54, 1.807) is 18.2 Å². The molecular weight excluding hydrogens is 339 g/mol. The van der Waals surface area contributed by atoms with Crippen molar-refractivity contribution in [3.8, 4) is 11.3 Å². The van der Waals surface area contributed by atoms with Crippen LogP contribution in [0, 0.1) is 15.9 Å². The van der Waals surface area contributed by atoms with Crippen molar-refractivity contribution in [3.63, 3.8) is 0 Å². The first-order valence-electron chi connectivity index (χ1n) is 7.62. The van der Waals surface area contributed by atoms with Gasteiger partial charge in [0.2, 0.25) is 0 Å². The summed E-state index contributed by atoms with van der Waals surface area (Å²) in [6.45, 7) is 0.159. The number of nitrogens with one attached hydrogen (secondary N) is 1.